The monoisotopic (exact) mass is 196 g/mol. The van der Waals surface area contributed by atoms with Crippen LogP contribution < -0.4 is 5.32 Å². The Morgan fingerprint density at radius 3 is 2.43 bits per heavy atom. The van der Waals surface area contributed by atoms with E-state index >= 15 is 0 Å². The molecule has 1 saturated heterocycles. The molecular weight excluding hydrogens is 172 g/mol. The van der Waals surface area contributed by atoms with Crippen LogP contribution in [0.5, 0.6) is 0 Å². The molecule has 0 aromatic carbocycles. The van der Waals surface area contributed by atoms with Gasteiger partial charge in [-0.2, -0.15) is 0 Å². The van der Waals surface area contributed by atoms with Crippen LogP contribution in [0.1, 0.15) is 39.5 Å². The molecule has 0 aromatic heterocycles. The Kier molecular flexibility index (Phi) is 3.45. The summed E-state index contributed by atoms with van der Waals surface area (Å²) in [5, 5.41) is 3.81. The van der Waals surface area contributed by atoms with Gasteiger partial charge in [0, 0.05) is 12.1 Å². The summed E-state index contributed by atoms with van der Waals surface area (Å²) >= 11 is 0. The van der Waals surface area contributed by atoms with Crippen molar-refractivity contribution in [2.24, 2.45) is 5.92 Å². The second kappa shape index (κ2) is 4.63. The van der Waals surface area contributed by atoms with E-state index in [4.69, 9.17) is 0 Å². The van der Waals surface area contributed by atoms with E-state index in [1.165, 1.54) is 45.3 Å². The van der Waals surface area contributed by atoms with Gasteiger partial charge in [0.1, 0.15) is 0 Å². The second-order valence-corrected chi connectivity index (χ2v) is 4.89. The predicted molar refractivity (Wildman–Crippen MR) is 60.5 cm³/mol. The van der Waals surface area contributed by atoms with Crippen molar-refractivity contribution in [2.45, 2.75) is 51.6 Å². The van der Waals surface area contributed by atoms with E-state index in [1.807, 2.05) is 0 Å². The molecule has 0 radical (unpaired) electrons. The van der Waals surface area contributed by atoms with Crippen molar-refractivity contribution in [3.05, 3.63) is 0 Å². The Morgan fingerprint density at radius 1 is 1.21 bits per heavy atom. The highest BCUT2D eigenvalue weighted by molar-refractivity contribution is 4.94. The third-order valence-corrected chi connectivity index (χ3v) is 3.93. The molecule has 2 unspecified atom stereocenters. The molecule has 0 amide bonds. The first-order chi connectivity index (χ1) is 6.83. The molecule has 1 N–H and O–H groups in total. The average Bonchev–Trinajstić information content (AvgIpc) is 2.98. The summed E-state index contributed by atoms with van der Waals surface area (Å²) in [6, 6.07) is 1.69. The lowest BCUT2D eigenvalue weighted by Crippen LogP contribution is -2.43. The fourth-order valence-electron chi connectivity index (χ4n) is 2.62. The summed E-state index contributed by atoms with van der Waals surface area (Å²) in [4.78, 5) is 2.56. The van der Waals surface area contributed by atoms with Crippen LogP contribution >= 0.6 is 0 Å². The smallest absolute Gasteiger partial charge is 0.0102 e. The molecule has 2 nitrogen and oxygen atoms in total. The third-order valence-electron chi connectivity index (χ3n) is 3.93. The minimum atomic E-state index is 0.819. The summed E-state index contributed by atoms with van der Waals surface area (Å²) in [7, 11) is 0. The number of rotatable bonds is 4. The Balaban J connectivity index is 1.64. The molecule has 2 heteroatoms. The van der Waals surface area contributed by atoms with Gasteiger partial charge < -0.3 is 10.2 Å². The number of nitrogens with one attached hydrogen (secondary N) is 1. The molecule has 0 spiro atoms. The summed E-state index contributed by atoms with van der Waals surface area (Å²) in [5.41, 5.74) is 0. The highest BCUT2D eigenvalue weighted by atomic mass is 15.1. The van der Waals surface area contributed by atoms with Crippen LogP contribution in [0.25, 0.3) is 0 Å². The molecule has 2 fully saturated rings. The summed E-state index contributed by atoms with van der Waals surface area (Å²) in [5.74, 6) is 0.999. The van der Waals surface area contributed by atoms with Crippen molar-refractivity contribution >= 4 is 0 Å². The van der Waals surface area contributed by atoms with Gasteiger partial charge in [0.05, 0.1) is 0 Å². The van der Waals surface area contributed by atoms with E-state index in [0.29, 0.717) is 0 Å². The molecule has 1 saturated carbocycles. The van der Waals surface area contributed by atoms with Gasteiger partial charge in [-0.15, -0.1) is 0 Å². The molecule has 1 aliphatic heterocycles. The molecule has 1 aliphatic carbocycles. The highest BCUT2D eigenvalue weighted by Gasteiger charge is 2.36. The number of piperidine rings is 1. The first-order valence-electron chi connectivity index (χ1n) is 6.31. The molecule has 82 valence electrons. The zero-order chi connectivity index (χ0) is 9.97. The summed E-state index contributed by atoms with van der Waals surface area (Å²) in [6.45, 7) is 8.41. The second-order valence-electron chi connectivity index (χ2n) is 4.89. The van der Waals surface area contributed by atoms with Gasteiger partial charge >= 0.3 is 0 Å². The van der Waals surface area contributed by atoms with Crippen molar-refractivity contribution in [3.8, 4) is 0 Å². The number of likely N-dealkylation sites (tertiary alicyclic amines) is 1. The van der Waals surface area contributed by atoms with E-state index < -0.39 is 0 Å². The fraction of sp³-hybridized carbons (Fsp3) is 1.00. The molecule has 0 bridgehead atoms. The van der Waals surface area contributed by atoms with Crippen LogP contribution in [0.4, 0.5) is 0 Å². The lowest BCUT2D eigenvalue weighted by atomic mass is 10.1. The molecule has 14 heavy (non-hydrogen) atoms. The van der Waals surface area contributed by atoms with Crippen LogP contribution in [0.15, 0.2) is 0 Å². The summed E-state index contributed by atoms with van der Waals surface area (Å²) < 4.78 is 0. The zero-order valence-electron chi connectivity index (χ0n) is 9.63. The van der Waals surface area contributed by atoms with Crippen LogP contribution in [0.3, 0.4) is 0 Å². The quantitative estimate of drug-likeness (QED) is 0.738. The fourth-order valence-corrected chi connectivity index (χ4v) is 2.62. The van der Waals surface area contributed by atoms with Crippen molar-refractivity contribution in [2.75, 3.05) is 19.6 Å². The van der Waals surface area contributed by atoms with Crippen molar-refractivity contribution < 1.29 is 0 Å². The zero-order valence-corrected chi connectivity index (χ0v) is 9.63. The maximum Gasteiger partial charge on any atom is 0.0102 e. The Hall–Kier alpha value is -0.0800. The SMILES string of the molecule is CCC1CC1NC1CCN(CC)CC1. The van der Waals surface area contributed by atoms with Gasteiger partial charge in [-0.25, -0.2) is 0 Å². The molecule has 2 aliphatic rings. The molecule has 2 rings (SSSR count). The molecule has 2 atom stereocenters. The number of hydrogen-bond acceptors (Lipinski definition) is 2. The maximum absolute atomic E-state index is 3.81. The topological polar surface area (TPSA) is 15.3 Å². The van der Waals surface area contributed by atoms with Crippen LogP contribution in [-0.2, 0) is 0 Å². The number of nitrogens with zero attached hydrogens (tertiary/aromatic N) is 1. The highest BCUT2D eigenvalue weighted by Crippen LogP contribution is 2.34. The predicted octanol–water partition coefficient (Wildman–Crippen LogP) is 1.86. The molecular formula is C12H24N2. The van der Waals surface area contributed by atoms with Crippen molar-refractivity contribution in [3.63, 3.8) is 0 Å². The first kappa shape index (κ1) is 10.4. The van der Waals surface area contributed by atoms with Gasteiger partial charge in [-0.3, -0.25) is 0 Å². The molecule has 1 heterocycles. The summed E-state index contributed by atoms with van der Waals surface area (Å²) in [6.07, 6.45) is 5.53. The van der Waals surface area contributed by atoms with Gasteiger partial charge in [0.2, 0.25) is 0 Å². The van der Waals surface area contributed by atoms with Crippen LogP contribution in [0, 0.1) is 5.92 Å². The minimum Gasteiger partial charge on any atom is -0.311 e. The lowest BCUT2D eigenvalue weighted by Gasteiger charge is -2.31. The van der Waals surface area contributed by atoms with Gasteiger partial charge in [-0.1, -0.05) is 20.3 Å². The lowest BCUT2D eigenvalue weighted by molar-refractivity contribution is 0.204. The van der Waals surface area contributed by atoms with Gasteiger partial charge in [0.15, 0.2) is 0 Å². The van der Waals surface area contributed by atoms with Gasteiger partial charge in [-0.05, 0) is 44.8 Å². The third kappa shape index (κ3) is 2.48. The van der Waals surface area contributed by atoms with Crippen LogP contribution in [0.2, 0.25) is 0 Å². The number of hydrogen-bond donors (Lipinski definition) is 1. The largest absolute Gasteiger partial charge is 0.311 e. The van der Waals surface area contributed by atoms with Gasteiger partial charge in [0.25, 0.3) is 0 Å². The standard InChI is InChI=1S/C12H24N2/c1-3-10-9-12(10)13-11-5-7-14(4-2)8-6-11/h10-13H,3-9H2,1-2H3. The van der Waals surface area contributed by atoms with E-state index in [2.05, 4.69) is 24.1 Å². The van der Waals surface area contributed by atoms with Crippen molar-refractivity contribution in [1.29, 1.82) is 0 Å². The maximum atomic E-state index is 3.81. The van der Waals surface area contributed by atoms with E-state index in [1.54, 1.807) is 0 Å². The van der Waals surface area contributed by atoms with E-state index in [9.17, 15) is 0 Å². The van der Waals surface area contributed by atoms with Crippen LogP contribution in [-0.4, -0.2) is 36.6 Å². The van der Waals surface area contributed by atoms with E-state index in [0.717, 1.165) is 18.0 Å². The normalized spacial score (nSPS) is 34.7. The Bertz CT molecular complexity index is 173. The van der Waals surface area contributed by atoms with Crippen molar-refractivity contribution in [1.82, 2.24) is 10.2 Å². The Morgan fingerprint density at radius 2 is 1.93 bits per heavy atom. The molecule has 0 aromatic rings. The Labute approximate surface area is 88.1 Å². The average molecular weight is 196 g/mol. The first-order valence-corrected chi connectivity index (χ1v) is 6.31. The minimum absolute atomic E-state index is 0.819. The van der Waals surface area contributed by atoms with E-state index in [-0.39, 0.29) is 0 Å².